The Balaban J connectivity index is 1.96. The quantitative estimate of drug-likeness (QED) is 0.616. The van der Waals surface area contributed by atoms with E-state index in [9.17, 15) is 4.39 Å². The van der Waals surface area contributed by atoms with Crippen LogP contribution < -0.4 is 11.1 Å². The van der Waals surface area contributed by atoms with Crippen molar-refractivity contribution in [2.75, 3.05) is 11.1 Å². The van der Waals surface area contributed by atoms with Crippen LogP contribution in [0, 0.1) is 12.7 Å². The van der Waals surface area contributed by atoms with Crippen molar-refractivity contribution < 1.29 is 4.39 Å². The smallest absolute Gasteiger partial charge is 0.205 e. The van der Waals surface area contributed by atoms with E-state index < -0.39 is 0 Å². The molecule has 0 amide bonds. The molecule has 0 atom stereocenters. The van der Waals surface area contributed by atoms with Crippen LogP contribution in [0.1, 0.15) is 5.56 Å². The highest BCUT2D eigenvalue weighted by atomic mass is 19.1. The van der Waals surface area contributed by atoms with E-state index in [4.69, 9.17) is 5.73 Å². The summed E-state index contributed by atoms with van der Waals surface area (Å²) in [7, 11) is 0. The molecule has 19 heavy (non-hydrogen) atoms. The number of fused-ring (bicyclic) bond motifs is 1. The number of nitrogens with two attached hydrogens (primary N) is 1. The Labute approximate surface area is 109 Å². The number of hydrogen-bond donors (Lipinski definition) is 3. The lowest BCUT2D eigenvalue weighted by molar-refractivity contribution is 0.627. The van der Waals surface area contributed by atoms with Gasteiger partial charge in [0.15, 0.2) is 0 Å². The van der Waals surface area contributed by atoms with Gasteiger partial charge in [-0.2, -0.15) is 0 Å². The van der Waals surface area contributed by atoms with E-state index in [0.717, 1.165) is 16.6 Å². The first kappa shape index (κ1) is 11.5. The zero-order valence-electron chi connectivity index (χ0n) is 10.4. The second kappa shape index (κ2) is 4.28. The number of hydrogen-bond acceptors (Lipinski definition) is 3. The van der Waals surface area contributed by atoms with Crippen LogP contribution in [0.3, 0.4) is 0 Å². The van der Waals surface area contributed by atoms with Gasteiger partial charge in [0.1, 0.15) is 5.82 Å². The fourth-order valence-electron chi connectivity index (χ4n) is 2.03. The maximum absolute atomic E-state index is 13.3. The second-order valence-corrected chi connectivity index (χ2v) is 4.50. The molecule has 0 fully saturated rings. The summed E-state index contributed by atoms with van der Waals surface area (Å²) >= 11 is 0. The molecule has 96 valence electrons. The van der Waals surface area contributed by atoms with Gasteiger partial charge in [-0.05, 0) is 48.9 Å². The molecule has 0 spiro atoms. The summed E-state index contributed by atoms with van der Waals surface area (Å²) in [5.74, 6) is 0.286. The lowest BCUT2D eigenvalue weighted by Crippen LogP contribution is -1.93. The summed E-state index contributed by atoms with van der Waals surface area (Å²) in [5.41, 5.74) is 9.54. The predicted molar refractivity (Wildman–Crippen MR) is 74.9 cm³/mol. The molecule has 0 saturated carbocycles. The first-order valence-corrected chi connectivity index (χ1v) is 5.89. The third kappa shape index (κ3) is 2.35. The minimum Gasteiger partial charge on any atom is -0.399 e. The molecule has 1 aromatic heterocycles. The second-order valence-electron chi connectivity index (χ2n) is 4.50. The maximum atomic E-state index is 13.3. The van der Waals surface area contributed by atoms with Crippen LogP contribution >= 0.6 is 0 Å². The van der Waals surface area contributed by atoms with E-state index >= 15 is 0 Å². The van der Waals surface area contributed by atoms with Crippen molar-refractivity contribution in [2.45, 2.75) is 6.92 Å². The molecular formula is C14H13FN4. The molecule has 0 saturated heterocycles. The lowest BCUT2D eigenvalue weighted by atomic mass is 10.2. The Morgan fingerprint density at radius 3 is 2.84 bits per heavy atom. The van der Waals surface area contributed by atoms with Gasteiger partial charge in [-0.15, -0.1) is 0 Å². The number of rotatable bonds is 2. The average molecular weight is 256 g/mol. The van der Waals surface area contributed by atoms with E-state index in [1.165, 1.54) is 12.1 Å². The van der Waals surface area contributed by atoms with Gasteiger partial charge in [-0.25, -0.2) is 9.37 Å². The van der Waals surface area contributed by atoms with Gasteiger partial charge in [0.2, 0.25) is 5.95 Å². The Hall–Kier alpha value is -2.56. The highest BCUT2D eigenvalue weighted by Crippen LogP contribution is 2.21. The van der Waals surface area contributed by atoms with Crippen LogP contribution in [0.5, 0.6) is 0 Å². The predicted octanol–water partition coefficient (Wildman–Crippen LogP) is 3.34. The number of halogens is 1. The number of nitrogens with zero attached hydrogens (tertiary/aromatic N) is 1. The maximum Gasteiger partial charge on any atom is 0.205 e. The summed E-state index contributed by atoms with van der Waals surface area (Å²) in [5, 5.41) is 3.05. The van der Waals surface area contributed by atoms with Gasteiger partial charge < -0.3 is 16.0 Å². The molecule has 0 aliphatic rings. The zero-order valence-corrected chi connectivity index (χ0v) is 10.4. The summed E-state index contributed by atoms with van der Waals surface area (Å²) < 4.78 is 13.3. The number of H-pyrrole nitrogens is 1. The third-order valence-corrected chi connectivity index (χ3v) is 2.81. The van der Waals surface area contributed by atoms with E-state index in [1.807, 2.05) is 25.1 Å². The Bertz CT molecular complexity index is 728. The van der Waals surface area contributed by atoms with Crippen LogP contribution in [0.4, 0.5) is 21.7 Å². The number of benzene rings is 2. The summed E-state index contributed by atoms with van der Waals surface area (Å²) in [4.78, 5) is 7.46. The van der Waals surface area contributed by atoms with Gasteiger partial charge in [0.05, 0.1) is 11.0 Å². The number of aromatic nitrogens is 2. The van der Waals surface area contributed by atoms with Crippen molar-refractivity contribution in [1.82, 2.24) is 9.97 Å². The number of aromatic amines is 1. The molecule has 0 aliphatic heterocycles. The fraction of sp³-hybridized carbons (Fsp3) is 0.0714. The molecule has 2 aromatic carbocycles. The zero-order chi connectivity index (χ0) is 13.4. The van der Waals surface area contributed by atoms with Gasteiger partial charge in [-0.1, -0.05) is 0 Å². The van der Waals surface area contributed by atoms with Crippen molar-refractivity contribution in [2.24, 2.45) is 0 Å². The average Bonchev–Trinajstić information content (AvgIpc) is 2.68. The minimum atomic E-state index is -0.275. The SMILES string of the molecule is Cc1cc(F)cc(Nc2nc3ccc(N)cc3[nH]2)c1. The van der Waals surface area contributed by atoms with Crippen molar-refractivity contribution in [1.29, 1.82) is 0 Å². The molecule has 3 rings (SSSR count). The molecule has 4 N–H and O–H groups in total. The number of imidazole rings is 1. The van der Waals surface area contributed by atoms with Gasteiger partial charge in [0.25, 0.3) is 0 Å². The number of nitrogens with one attached hydrogen (secondary N) is 2. The Morgan fingerprint density at radius 2 is 2.05 bits per heavy atom. The molecule has 0 bridgehead atoms. The van der Waals surface area contributed by atoms with Gasteiger partial charge in [0, 0.05) is 11.4 Å². The lowest BCUT2D eigenvalue weighted by Gasteiger charge is -2.04. The van der Waals surface area contributed by atoms with Crippen molar-refractivity contribution in [3.8, 4) is 0 Å². The van der Waals surface area contributed by atoms with E-state index in [-0.39, 0.29) is 5.82 Å². The van der Waals surface area contributed by atoms with E-state index in [1.54, 1.807) is 6.07 Å². The first-order valence-electron chi connectivity index (χ1n) is 5.89. The largest absolute Gasteiger partial charge is 0.399 e. The number of nitrogen functional groups attached to an aromatic ring is 1. The molecule has 0 aliphatic carbocycles. The highest BCUT2D eigenvalue weighted by molar-refractivity contribution is 5.81. The fourth-order valence-corrected chi connectivity index (χ4v) is 2.03. The summed E-state index contributed by atoms with van der Waals surface area (Å²) in [6, 6.07) is 10.2. The summed E-state index contributed by atoms with van der Waals surface area (Å²) in [6.45, 7) is 1.84. The summed E-state index contributed by atoms with van der Waals surface area (Å²) in [6.07, 6.45) is 0. The van der Waals surface area contributed by atoms with Crippen LogP contribution in [-0.2, 0) is 0 Å². The molecule has 1 heterocycles. The van der Waals surface area contributed by atoms with Crippen LogP contribution in [0.2, 0.25) is 0 Å². The van der Waals surface area contributed by atoms with Crippen molar-refractivity contribution in [3.05, 3.63) is 47.8 Å². The first-order chi connectivity index (χ1) is 9.10. The normalized spacial score (nSPS) is 10.8. The molecular weight excluding hydrogens is 243 g/mol. The van der Waals surface area contributed by atoms with Crippen LogP contribution in [-0.4, -0.2) is 9.97 Å². The molecule has 5 heteroatoms. The van der Waals surface area contributed by atoms with E-state index in [2.05, 4.69) is 15.3 Å². The monoisotopic (exact) mass is 256 g/mol. The molecule has 3 aromatic rings. The topological polar surface area (TPSA) is 66.7 Å². The number of aryl methyl sites for hydroxylation is 1. The highest BCUT2D eigenvalue weighted by Gasteiger charge is 2.04. The Morgan fingerprint density at radius 1 is 1.21 bits per heavy atom. The third-order valence-electron chi connectivity index (χ3n) is 2.81. The number of anilines is 3. The molecule has 0 unspecified atom stereocenters. The van der Waals surface area contributed by atoms with Gasteiger partial charge in [-0.3, -0.25) is 0 Å². The van der Waals surface area contributed by atoms with Crippen LogP contribution in [0.15, 0.2) is 36.4 Å². The standard InChI is InChI=1S/C14H13FN4/c1-8-4-9(15)6-11(5-8)17-14-18-12-3-2-10(16)7-13(12)19-14/h2-7H,16H2,1H3,(H2,17,18,19). The Kier molecular flexibility index (Phi) is 2.59. The van der Waals surface area contributed by atoms with E-state index in [0.29, 0.717) is 17.3 Å². The van der Waals surface area contributed by atoms with Crippen molar-refractivity contribution >= 4 is 28.4 Å². The van der Waals surface area contributed by atoms with Crippen LogP contribution in [0.25, 0.3) is 11.0 Å². The molecule has 0 radical (unpaired) electrons. The minimum absolute atomic E-state index is 0.275. The van der Waals surface area contributed by atoms with Crippen molar-refractivity contribution in [3.63, 3.8) is 0 Å². The molecule has 4 nitrogen and oxygen atoms in total. The van der Waals surface area contributed by atoms with Gasteiger partial charge >= 0.3 is 0 Å².